The van der Waals surface area contributed by atoms with Gasteiger partial charge in [0.1, 0.15) is 0 Å². The molecule has 10 heteroatoms. The third-order valence-corrected chi connectivity index (χ3v) is 12.5. The molecule has 0 aliphatic carbocycles. The van der Waals surface area contributed by atoms with Crippen molar-refractivity contribution in [2.45, 2.75) is 80.1 Å². The average molecular weight is 459 g/mol. The molecule has 0 aliphatic heterocycles. The molecule has 7 nitrogen and oxygen atoms in total. The largest absolute Gasteiger partial charge is 0.394 e. The van der Waals surface area contributed by atoms with Crippen molar-refractivity contribution in [3.8, 4) is 0 Å². The third kappa shape index (κ3) is 5.66. The molecule has 0 N–H and O–H groups in total. The molecule has 0 saturated heterocycles. The van der Waals surface area contributed by atoms with Crippen molar-refractivity contribution in [3.63, 3.8) is 0 Å². The van der Waals surface area contributed by atoms with E-state index in [1.165, 1.54) is 0 Å². The first-order valence-corrected chi connectivity index (χ1v) is 16.5. The van der Waals surface area contributed by atoms with Crippen LogP contribution in [-0.4, -0.2) is 38.7 Å². The summed E-state index contributed by atoms with van der Waals surface area (Å²) in [5.74, 6) is -0.633. The van der Waals surface area contributed by atoms with Gasteiger partial charge in [0.15, 0.2) is 8.32 Å². The lowest BCUT2D eigenvalue weighted by Crippen LogP contribution is -2.50. The Kier molecular flexibility index (Phi) is 10.1. The summed E-state index contributed by atoms with van der Waals surface area (Å²) < 4.78 is 52.0. The number of rotatable bonds is 12. The molecular weight excluding hydrogens is 418 g/mol. The summed E-state index contributed by atoms with van der Waals surface area (Å²) >= 11 is 0. The second-order valence-corrected chi connectivity index (χ2v) is 18.3. The molecular formula is C18H40O7P2Si. The summed E-state index contributed by atoms with van der Waals surface area (Å²) in [6.07, 6.45) is 0. The molecule has 0 aromatic rings. The highest BCUT2D eigenvalue weighted by molar-refractivity contribution is 7.86. The fourth-order valence-corrected chi connectivity index (χ4v) is 13.1. The normalized spacial score (nSPS) is 18.0. The molecule has 0 rings (SSSR count). The van der Waals surface area contributed by atoms with Gasteiger partial charge in [-0.25, -0.2) is 0 Å². The molecule has 2 atom stereocenters. The molecule has 0 spiro atoms. The Morgan fingerprint density at radius 1 is 0.893 bits per heavy atom. The van der Waals surface area contributed by atoms with E-state index in [1.807, 2.05) is 19.6 Å². The zero-order valence-corrected chi connectivity index (χ0v) is 22.2. The fraction of sp³-hybridized carbons (Fsp3) is 0.944. The van der Waals surface area contributed by atoms with Gasteiger partial charge in [-0.15, -0.1) is 0 Å². The van der Waals surface area contributed by atoms with Crippen LogP contribution < -0.4 is 0 Å². The Morgan fingerprint density at radius 2 is 1.29 bits per heavy atom. The summed E-state index contributed by atoms with van der Waals surface area (Å²) in [6, 6.07) is 0. The second kappa shape index (κ2) is 10.00. The smallest absolute Gasteiger partial charge is 0.371 e. The summed E-state index contributed by atoms with van der Waals surface area (Å²) in [6.45, 7) is 19.1. The predicted octanol–water partition coefficient (Wildman–Crippen LogP) is 6.30. The second-order valence-electron chi connectivity index (χ2n) is 8.89. The predicted molar refractivity (Wildman–Crippen MR) is 117 cm³/mol. The van der Waals surface area contributed by atoms with Gasteiger partial charge < -0.3 is 18.0 Å². The van der Waals surface area contributed by atoms with Crippen molar-refractivity contribution in [2.24, 2.45) is 11.3 Å². The first kappa shape index (κ1) is 28.2. The van der Waals surface area contributed by atoms with E-state index in [1.54, 1.807) is 55.4 Å². The van der Waals surface area contributed by atoms with Crippen molar-refractivity contribution >= 4 is 28.8 Å². The lowest BCUT2D eigenvalue weighted by atomic mass is 9.99. The van der Waals surface area contributed by atoms with Crippen molar-refractivity contribution in [3.05, 3.63) is 0 Å². The van der Waals surface area contributed by atoms with Crippen LogP contribution in [0, 0.1) is 11.3 Å². The van der Waals surface area contributed by atoms with Crippen LogP contribution in [0.5, 0.6) is 0 Å². The van der Waals surface area contributed by atoms with Crippen LogP contribution in [0.2, 0.25) is 19.6 Å². The van der Waals surface area contributed by atoms with E-state index in [-0.39, 0.29) is 19.8 Å². The van der Waals surface area contributed by atoms with Gasteiger partial charge in [-0.3, -0.25) is 13.9 Å². The molecule has 0 saturated carbocycles. The van der Waals surface area contributed by atoms with Gasteiger partial charge in [-0.05, 0) is 40.4 Å². The minimum absolute atomic E-state index is 0.000869. The number of carbonyl (C=O) groups excluding carboxylic acids is 1. The first-order valence-electron chi connectivity index (χ1n) is 9.88. The van der Waals surface area contributed by atoms with Crippen LogP contribution in [0.4, 0.5) is 0 Å². The van der Waals surface area contributed by atoms with E-state index < -0.39 is 45.2 Å². The van der Waals surface area contributed by atoms with E-state index in [0.717, 1.165) is 0 Å². The lowest BCUT2D eigenvalue weighted by Gasteiger charge is -2.48. The number of hydrogen-bond donors (Lipinski definition) is 0. The minimum atomic E-state index is -4.35. The van der Waals surface area contributed by atoms with Gasteiger partial charge in [0.25, 0.3) is 0 Å². The minimum Gasteiger partial charge on any atom is -0.394 e. The Hall–Kier alpha value is 0.187. The van der Waals surface area contributed by atoms with Crippen molar-refractivity contribution in [2.75, 3.05) is 19.8 Å². The molecule has 0 heterocycles. The molecule has 0 aromatic carbocycles. The molecule has 0 amide bonds. The molecule has 28 heavy (non-hydrogen) atoms. The molecule has 0 aliphatic rings. The van der Waals surface area contributed by atoms with Crippen LogP contribution in [0.1, 0.15) is 55.4 Å². The van der Waals surface area contributed by atoms with Gasteiger partial charge in [-0.1, -0.05) is 34.6 Å². The molecule has 0 bridgehead atoms. The van der Waals surface area contributed by atoms with Crippen LogP contribution in [0.15, 0.2) is 0 Å². The van der Waals surface area contributed by atoms with E-state index in [2.05, 4.69) is 0 Å². The maximum absolute atomic E-state index is 14.5. The van der Waals surface area contributed by atoms with Gasteiger partial charge >= 0.3 is 15.0 Å². The number of hydrogen-bond acceptors (Lipinski definition) is 7. The third-order valence-electron chi connectivity index (χ3n) is 3.84. The van der Waals surface area contributed by atoms with Crippen LogP contribution in [0.3, 0.4) is 0 Å². The Labute approximate surface area is 172 Å². The quantitative estimate of drug-likeness (QED) is 0.250. The molecule has 0 fully saturated rings. The van der Waals surface area contributed by atoms with Gasteiger partial charge in [0.05, 0.1) is 19.8 Å². The van der Waals surface area contributed by atoms with E-state index in [9.17, 15) is 13.9 Å². The SMILES string of the molecule is CCOP(=O)(OCC)[C@](O[Si](C)(C)C)(C(C)C)[P@@](=O)(OCC)C(=O)C(C)(C)C. The standard InChI is InChI=1S/C18H40O7P2Si/c1-12-22-26(20,16(19)17(6,7)8)18(15(4)5,25-28(9,10)11)27(21,23-13-2)24-14-3/h15H,12-14H2,1-11H3/t18-,26-/m0/s1. The monoisotopic (exact) mass is 458 g/mol. The zero-order valence-electron chi connectivity index (χ0n) is 19.5. The maximum Gasteiger partial charge on any atom is 0.371 e. The van der Waals surface area contributed by atoms with E-state index >= 15 is 0 Å². The van der Waals surface area contributed by atoms with Gasteiger partial charge in [0.2, 0.25) is 10.6 Å². The van der Waals surface area contributed by atoms with Gasteiger partial charge in [-0.2, -0.15) is 0 Å². The molecule has 0 radical (unpaired) electrons. The van der Waals surface area contributed by atoms with Crippen LogP contribution >= 0.6 is 15.0 Å². The van der Waals surface area contributed by atoms with Crippen molar-refractivity contribution in [1.29, 1.82) is 0 Å². The maximum atomic E-state index is 14.5. The summed E-state index contributed by atoms with van der Waals surface area (Å²) in [7, 11) is -11.0. The Bertz CT molecular complexity index is 612. The average Bonchev–Trinajstić information content (AvgIpc) is 2.50. The molecule has 0 unspecified atom stereocenters. The highest BCUT2D eigenvalue weighted by Crippen LogP contribution is 2.81. The Balaban J connectivity index is 7.34. The molecule has 0 aromatic heterocycles. The number of carbonyl (C=O) groups is 1. The van der Waals surface area contributed by atoms with E-state index in [4.69, 9.17) is 18.0 Å². The fourth-order valence-electron chi connectivity index (χ4n) is 2.98. The topological polar surface area (TPSA) is 88.1 Å². The zero-order chi connectivity index (χ0) is 22.6. The van der Waals surface area contributed by atoms with Crippen molar-refractivity contribution in [1.82, 2.24) is 0 Å². The highest BCUT2D eigenvalue weighted by atomic mass is 31.2. The summed E-state index contributed by atoms with van der Waals surface area (Å²) in [4.78, 5) is 13.5. The lowest BCUT2D eigenvalue weighted by molar-refractivity contribution is -0.120. The molecule has 168 valence electrons. The van der Waals surface area contributed by atoms with Crippen LogP contribution in [0.25, 0.3) is 0 Å². The van der Waals surface area contributed by atoms with E-state index in [0.29, 0.717) is 0 Å². The van der Waals surface area contributed by atoms with Crippen molar-refractivity contribution < 1.29 is 31.9 Å². The first-order chi connectivity index (χ1) is 12.5. The highest BCUT2D eigenvalue weighted by Gasteiger charge is 2.71. The Morgan fingerprint density at radius 3 is 1.54 bits per heavy atom. The van der Waals surface area contributed by atoms with Gasteiger partial charge in [0, 0.05) is 11.3 Å². The summed E-state index contributed by atoms with van der Waals surface area (Å²) in [5.41, 5.74) is -1.63. The summed E-state index contributed by atoms with van der Waals surface area (Å²) in [5, 5.41) is -2.02. The van der Waals surface area contributed by atoms with Crippen LogP contribution in [-0.2, 0) is 31.9 Å².